The molecule has 0 radical (unpaired) electrons. The minimum Gasteiger partial charge on any atom is -0.497 e. The van der Waals surface area contributed by atoms with Gasteiger partial charge in [0.15, 0.2) is 5.13 Å². The Labute approximate surface area is 399 Å². The summed E-state index contributed by atoms with van der Waals surface area (Å²) in [6.07, 6.45) is 6.60. The van der Waals surface area contributed by atoms with Crippen molar-refractivity contribution in [2.24, 2.45) is 11.3 Å². The zero-order chi connectivity index (χ0) is 48.5. The molecule has 5 N–H and O–H groups in total. The van der Waals surface area contributed by atoms with Crippen LogP contribution in [-0.4, -0.2) is 117 Å². The minimum atomic E-state index is -1.53. The number of rotatable bonds is 10. The number of carbonyl (C=O) groups is 6. The molecule has 6 amide bonds. The van der Waals surface area contributed by atoms with E-state index in [1.807, 2.05) is 49.6 Å². The Bertz CT molecular complexity index is 2640. The molecule has 3 aliphatic heterocycles. The first-order valence-electron chi connectivity index (χ1n) is 23.4. The number of amides is 6. The average molecular weight is 949 g/mol. The van der Waals surface area contributed by atoms with Gasteiger partial charge < -0.3 is 40.7 Å². The Morgan fingerprint density at radius 2 is 1.81 bits per heavy atom. The number of fused-ring (bicyclic) bond motifs is 4. The molecule has 4 aromatic rings. The number of benzene rings is 2. The highest BCUT2D eigenvalue weighted by Gasteiger charge is 2.61. The van der Waals surface area contributed by atoms with Gasteiger partial charge in [0, 0.05) is 53.4 Å². The number of carboxylic acid groups (broad SMARTS) is 1. The summed E-state index contributed by atoms with van der Waals surface area (Å²) in [5, 5.41) is 25.5. The fourth-order valence-electron chi connectivity index (χ4n) is 9.34. The molecule has 17 nitrogen and oxygen atoms in total. The maximum Gasteiger partial charge on any atom is 0.330 e. The number of hydrogen-bond donors (Lipinski definition) is 5. The van der Waals surface area contributed by atoms with Crippen LogP contribution in [0.15, 0.2) is 66.1 Å². The summed E-state index contributed by atoms with van der Waals surface area (Å²) in [5.74, 6) is -2.79. The molecular weight excluding hydrogens is 889 g/mol. The Morgan fingerprint density at radius 1 is 1.01 bits per heavy atom. The van der Waals surface area contributed by atoms with Gasteiger partial charge in [-0.3, -0.25) is 24.1 Å². The van der Waals surface area contributed by atoms with Crippen LogP contribution in [0.4, 0.5) is 9.93 Å². The second-order valence-electron chi connectivity index (χ2n) is 19.5. The molecule has 68 heavy (non-hydrogen) atoms. The molecule has 8 rings (SSSR count). The molecule has 2 aromatic heterocycles. The highest BCUT2D eigenvalue weighted by atomic mass is 32.1. The molecule has 1 aliphatic carbocycles. The molecule has 4 aliphatic rings. The number of aliphatic carboxylic acids is 1. The van der Waals surface area contributed by atoms with Crippen LogP contribution in [0.5, 0.6) is 11.5 Å². The van der Waals surface area contributed by atoms with Crippen molar-refractivity contribution in [3.63, 3.8) is 0 Å². The van der Waals surface area contributed by atoms with Crippen molar-refractivity contribution in [2.45, 2.75) is 122 Å². The maximum absolute atomic E-state index is 15.0. The number of nitrogens with zero attached hydrogens (tertiary/aromatic N) is 4. The highest BCUT2D eigenvalue weighted by Crippen LogP contribution is 2.46. The molecule has 0 bridgehead atoms. The van der Waals surface area contributed by atoms with Gasteiger partial charge in [-0.1, -0.05) is 64.0 Å². The van der Waals surface area contributed by atoms with Crippen LogP contribution in [-0.2, 0) is 25.6 Å². The fraction of sp³-hybridized carbons (Fsp3) is 0.480. The van der Waals surface area contributed by atoms with Gasteiger partial charge in [0.2, 0.25) is 11.8 Å². The standard InChI is InChI=1S/C50H60N8O9S/c1-28(2)51-48-54-38(27-68-48)37-24-40(34-19-18-31(66-6)22-36(34)52-37)67-32-23-39-42(59)56-50(46(63)64)25-30(50)15-10-8-7-9-11-17-35(44(61)58(39)26-32)53-47(65)55-41(49(3,4)5)45(62)57-21-20-29-14-12-13-16-33(29)43(57)60/h10,12-16,18-19,22,24,27-28,30,32,35,39,41H,7-9,11,17,20-21,23,25-26H2,1-6H3,(H,51,54)(H,56,59)(H,63,64)(H2,53,55,65)/b15-10-/t30?,32-,35-,39+,41-,50-/m1/s1. The number of aromatic nitrogens is 2. The maximum atomic E-state index is 15.0. The van der Waals surface area contributed by atoms with Crippen LogP contribution >= 0.6 is 11.3 Å². The van der Waals surface area contributed by atoms with Crippen LogP contribution in [0.1, 0.15) is 95.5 Å². The second kappa shape index (κ2) is 19.6. The Balaban J connectivity index is 1.09. The van der Waals surface area contributed by atoms with Crippen molar-refractivity contribution in [1.29, 1.82) is 0 Å². The third-order valence-electron chi connectivity index (χ3n) is 13.1. The van der Waals surface area contributed by atoms with Crippen molar-refractivity contribution in [3.8, 4) is 22.9 Å². The summed E-state index contributed by atoms with van der Waals surface area (Å²) in [4.78, 5) is 96.4. The molecule has 2 fully saturated rings. The van der Waals surface area contributed by atoms with Gasteiger partial charge >= 0.3 is 12.0 Å². The number of carboxylic acids is 1. The zero-order valence-electron chi connectivity index (χ0n) is 39.3. The van der Waals surface area contributed by atoms with E-state index in [-0.39, 0.29) is 38.4 Å². The van der Waals surface area contributed by atoms with Gasteiger partial charge in [0.1, 0.15) is 47.0 Å². The predicted molar refractivity (Wildman–Crippen MR) is 256 cm³/mol. The number of allylic oxidation sites excluding steroid dienone is 1. The Kier molecular flexibility index (Phi) is 13.8. The third-order valence-corrected chi connectivity index (χ3v) is 13.9. The molecule has 6 atom stereocenters. The monoisotopic (exact) mass is 948 g/mol. The van der Waals surface area contributed by atoms with Gasteiger partial charge in [-0.25, -0.2) is 19.6 Å². The summed E-state index contributed by atoms with van der Waals surface area (Å²) in [5.41, 5.74) is 0.619. The van der Waals surface area contributed by atoms with Gasteiger partial charge in [-0.2, -0.15) is 0 Å². The number of pyridine rings is 1. The Morgan fingerprint density at radius 3 is 2.56 bits per heavy atom. The van der Waals surface area contributed by atoms with Crippen LogP contribution < -0.4 is 30.7 Å². The summed E-state index contributed by atoms with van der Waals surface area (Å²) in [7, 11) is 1.56. The number of imide groups is 1. The van der Waals surface area contributed by atoms with E-state index in [0.29, 0.717) is 65.0 Å². The molecule has 360 valence electrons. The normalized spacial score (nSPS) is 24.1. The first kappa shape index (κ1) is 47.9. The number of urea groups is 1. The molecule has 1 unspecified atom stereocenters. The fourth-order valence-corrected chi connectivity index (χ4v) is 10.2. The lowest BCUT2D eigenvalue weighted by Gasteiger charge is -2.36. The van der Waals surface area contributed by atoms with Crippen LogP contribution in [0, 0.1) is 11.3 Å². The number of carbonyl (C=O) groups excluding carboxylic acids is 5. The number of thiazole rings is 1. The second-order valence-corrected chi connectivity index (χ2v) is 20.4. The van der Waals surface area contributed by atoms with Crippen molar-refractivity contribution in [3.05, 3.63) is 77.2 Å². The van der Waals surface area contributed by atoms with Crippen molar-refractivity contribution in [1.82, 2.24) is 35.7 Å². The lowest BCUT2D eigenvalue weighted by atomic mass is 9.85. The Hall–Kier alpha value is -6.56. The molecule has 5 heterocycles. The molecule has 18 heteroatoms. The largest absolute Gasteiger partial charge is 0.497 e. The van der Waals surface area contributed by atoms with E-state index in [1.54, 1.807) is 58.2 Å². The SMILES string of the molecule is COc1ccc2c(O[C@@H]3C[C@H]4C(=O)N[C@]5(C(=O)O)CC5/C=C\CCCCC[C@@H](NC(=O)N[C@H](C(=O)N5CCc6ccccc6C5=O)C(C)(C)C)C(=O)N4C3)cc(-c3csc(NC(C)C)n3)nc2c1. The van der Waals surface area contributed by atoms with Gasteiger partial charge in [0.25, 0.3) is 11.8 Å². The summed E-state index contributed by atoms with van der Waals surface area (Å²) >= 11 is 1.44. The number of ether oxygens (including phenoxy) is 2. The van der Waals surface area contributed by atoms with Gasteiger partial charge in [0.05, 0.1) is 24.9 Å². The smallest absolute Gasteiger partial charge is 0.330 e. The number of nitrogens with one attached hydrogen (secondary N) is 4. The van der Waals surface area contributed by atoms with E-state index in [4.69, 9.17) is 19.4 Å². The van der Waals surface area contributed by atoms with Crippen molar-refractivity contribution >= 4 is 63.0 Å². The number of anilines is 1. The quantitative estimate of drug-likeness (QED) is 0.110. The average Bonchev–Trinajstić information content (AvgIpc) is 3.56. The third kappa shape index (κ3) is 10.1. The van der Waals surface area contributed by atoms with Crippen molar-refractivity contribution in [2.75, 3.05) is 25.5 Å². The van der Waals surface area contributed by atoms with Crippen LogP contribution in [0.3, 0.4) is 0 Å². The topological polar surface area (TPSA) is 221 Å². The zero-order valence-corrected chi connectivity index (χ0v) is 40.1. The van der Waals surface area contributed by atoms with Crippen molar-refractivity contribution < 1.29 is 43.3 Å². The lowest BCUT2D eigenvalue weighted by molar-refractivity contribution is -0.145. The first-order chi connectivity index (χ1) is 32.4. The van der Waals surface area contributed by atoms with E-state index in [0.717, 1.165) is 17.1 Å². The predicted octanol–water partition coefficient (Wildman–Crippen LogP) is 6.32. The van der Waals surface area contributed by atoms with E-state index in [2.05, 4.69) is 21.3 Å². The van der Waals surface area contributed by atoms with E-state index >= 15 is 4.79 Å². The van der Waals surface area contributed by atoms with Gasteiger partial charge in [-0.15, -0.1) is 11.3 Å². The van der Waals surface area contributed by atoms with E-state index < -0.39 is 76.7 Å². The van der Waals surface area contributed by atoms with E-state index in [1.165, 1.54) is 21.1 Å². The first-order valence-corrected chi connectivity index (χ1v) is 24.2. The summed E-state index contributed by atoms with van der Waals surface area (Å²) < 4.78 is 12.3. The lowest BCUT2D eigenvalue weighted by Crippen LogP contribution is -2.61. The molecule has 2 aromatic carbocycles. The van der Waals surface area contributed by atoms with E-state index in [9.17, 15) is 29.1 Å². The number of hydrogen-bond acceptors (Lipinski definition) is 12. The summed E-state index contributed by atoms with van der Waals surface area (Å²) in [6.45, 7) is 9.48. The molecular formula is C50H60N8O9S. The van der Waals surface area contributed by atoms with Gasteiger partial charge in [-0.05, 0) is 75.1 Å². The molecule has 0 spiro atoms. The minimum absolute atomic E-state index is 0.00868. The van der Waals surface area contributed by atoms with Crippen LogP contribution in [0.25, 0.3) is 22.3 Å². The molecule has 1 saturated heterocycles. The highest BCUT2D eigenvalue weighted by molar-refractivity contribution is 7.14. The summed E-state index contributed by atoms with van der Waals surface area (Å²) in [6, 6.07) is 10.2. The van der Waals surface area contributed by atoms with Crippen LogP contribution in [0.2, 0.25) is 0 Å². The number of methoxy groups -OCH3 is 1. The molecule has 1 saturated carbocycles.